The van der Waals surface area contributed by atoms with Gasteiger partial charge in [-0.2, -0.15) is 0 Å². The Morgan fingerprint density at radius 1 is 0.579 bits per heavy atom. The van der Waals surface area contributed by atoms with Gasteiger partial charge in [0.1, 0.15) is 5.84 Å². The molecule has 0 aromatic carbocycles. The van der Waals surface area contributed by atoms with E-state index in [2.05, 4.69) is 58.9 Å². The topological polar surface area (TPSA) is 27.6 Å². The molecule has 3 heteroatoms. The predicted octanol–water partition coefficient (Wildman–Crippen LogP) is 11.8. The Labute approximate surface area is 241 Å². The minimum Gasteiger partial charge on any atom is -0.307 e. The van der Waals surface area contributed by atoms with Crippen LogP contribution in [0.1, 0.15) is 203 Å². The third kappa shape index (κ3) is 25.7. The second-order valence-corrected chi connectivity index (χ2v) is 13.1. The molecule has 38 heavy (non-hydrogen) atoms. The molecule has 3 nitrogen and oxygen atoms in total. The van der Waals surface area contributed by atoms with Gasteiger partial charge < -0.3 is 5.43 Å². The minimum absolute atomic E-state index is 0.0280. The van der Waals surface area contributed by atoms with E-state index in [1.165, 1.54) is 148 Å². The number of rotatable bonds is 27. The van der Waals surface area contributed by atoms with Crippen molar-refractivity contribution in [3.63, 3.8) is 0 Å². The van der Waals surface area contributed by atoms with Crippen LogP contribution < -0.4 is 5.43 Å². The molecule has 0 heterocycles. The van der Waals surface area contributed by atoms with Crippen molar-refractivity contribution in [1.82, 2.24) is 10.4 Å². The van der Waals surface area contributed by atoms with Gasteiger partial charge in [-0.1, -0.05) is 156 Å². The Morgan fingerprint density at radius 3 is 1.32 bits per heavy atom. The third-order valence-electron chi connectivity index (χ3n) is 7.84. The monoisotopic (exact) mass is 536 g/mol. The molecule has 0 aromatic rings. The number of amidine groups is 1. The normalized spacial score (nSPS) is 13.4. The van der Waals surface area contributed by atoms with Crippen molar-refractivity contribution in [2.24, 2.45) is 4.99 Å². The van der Waals surface area contributed by atoms with E-state index in [0.717, 1.165) is 18.8 Å². The van der Waals surface area contributed by atoms with Crippen LogP contribution in [0.5, 0.6) is 0 Å². The summed E-state index contributed by atoms with van der Waals surface area (Å²) in [4.78, 5) is 4.98. The molecule has 0 radical (unpaired) electrons. The summed E-state index contributed by atoms with van der Waals surface area (Å²) in [6.45, 7) is 17.0. The summed E-state index contributed by atoms with van der Waals surface area (Å²) in [5.41, 5.74) is 3.74. The van der Waals surface area contributed by atoms with Gasteiger partial charge in [-0.3, -0.25) is 4.99 Å². The van der Waals surface area contributed by atoms with Crippen LogP contribution in [-0.4, -0.2) is 29.0 Å². The standard InChI is InChI=1S/C35H73N3/c1-8-11-13-15-17-19-21-22-24-26-28-30-32-38(37-34(10-3)36-35(5,6)7)33(4)31-29-27-25-23-20-18-16-14-12-9-2/h33H,8-32H2,1-7H3,(H,36,37). The number of unbranched alkanes of at least 4 members (excludes halogenated alkanes) is 20. The molecular weight excluding hydrogens is 462 g/mol. The number of nitrogens with one attached hydrogen (secondary N) is 1. The van der Waals surface area contributed by atoms with Crippen LogP contribution in [0.15, 0.2) is 4.99 Å². The molecule has 0 bridgehead atoms. The van der Waals surface area contributed by atoms with E-state index in [4.69, 9.17) is 4.99 Å². The molecule has 1 N–H and O–H groups in total. The maximum atomic E-state index is 4.98. The lowest BCUT2D eigenvalue weighted by Gasteiger charge is -2.32. The zero-order valence-corrected chi connectivity index (χ0v) is 27.6. The molecule has 0 spiro atoms. The highest BCUT2D eigenvalue weighted by Crippen LogP contribution is 2.16. The molecule has 0 aliphatic carbocycles. The molecule has 0 aliphatic heterocycles. The summed E-state index contributed by atoms with van der Waals surface area (Å²) >= 11 is 0. The predicted molar refractivity (Wildman–Crippen MR) is 174 cm³/mol. The van der Waals surface area contributed by atoms with Crippen molar-refractivity contribution >= 4 is 5.84 Å². The summed E-state index contributed by atoms with van der Waals surface area (Å²) in [6.07, 6.45) is 33.3. The summed E-state index contributed by atoms with van der Waals surface area (Å²) in [5, 5.41) is 2.53. The van der Waals surface area contributed by atoms with Gasteiger partial charge in [0.15, 0.2) is 0 Å². The fourth-order valence-electron chi connectivity index (χ4n) is 5.35. The first-order valence-corrected chi connectivity index (χ1v) is 17.5. The van der Waals surface area contributed by atoms with Gasteiger partial charge in [0, 0.05) is 19.0 Å². The second-order valence-electron chi connectivity index (χ2n) is 13.1. The average Bonchev–Trinajstić information content (AvgIpc) is 2.88. The Hall–Kier alpha value is -0.570. The fraction of sp³-hybridized carbons (Fsp3) is 0.971. The molecule has 0 amide bonds. The maximum Gasteiger partial charge on any atom is 0.111 e. The molecule has 0 aromatic heterocycles. The number of aliphatic imine (C=N–C) groups is 1. The van der Waals surface area contributed by atoms with Crippen molar-refractivity contribution in [2.75, 3.05) is 6.54 Å². The van der Waals surface area contributed by atoms with Crippen LogP contribution in [0.2, 0.25) is 0 Å². The highest BCUT2D eigenvalue weighted by atomic mass is 15.5. The van der Waals surface area contributed by atoms with E-state index in [1.54, 1.807) is 0 Å². The third-order valence-corrected chi connectivity index (χ3v) is 7.84. The summed E-state index contributed by atoms with van der Waals surface area (Å²) < 4.78 is 0. The zero-order valence-electron chi connectivity index (χ0n) is 27.6. The first-order valence-electron chi connectivity index (χ1n) is 17.5. The largest absolute Gasteiger partial charge is 0.307 e. The SMILES string of the molecule is CCCCCCCCCCCCCCN(NC(CC)=NC(C)(C)C)C(C)CCCCCCCCCCCC. The Bertz CT molecular complexity index is 508. The van der Waals surface area contributed by atoms with E-state index in [0.29, 0.717) is 6.04 Å². The van der Waals surface area contributed by atoms with E-state index >= 15 is 0 Å². The molecule has 0 fully saturated rings. The van der Waals surface area contributed by atoms with Gasteiger partial charge in [0.2, 0.25) is 0 Å². The van der Waals surface area contributed by atoms with Gasteiger partial charge in [-0.05, 0) is 40.5 Å². The van der Waals surface area contributed by atoms with Crippen LogP contribution in [0.4, 0.5) is 0 Å². The van der Waals surface area contributed by atoms with Crippen molar-refractivity contribution in [1.29, 1.82) is 0 Å². The van der Waals surface area contributed by atoms with Crippen LogP contribution >= 0.6 is 0 Å². The molecule has 1 atom stereocenters. The summed E-state index contributed by atoms with van der Waals surface area (Å²) in [5.74, 6) is 1.14. The number of hydrazine groups is 1. The van der Waals surface area contributed by atoms with Gasteiger partial charge in [0.05, 0.1) is 5.54 Å². The number of hydrogen-bond acceptors (Lipinski definition) is 2. The molecule has 1 unspecified atom stereocenters. The van der Waals surface area contributed by atoms with E-state index in [9.17, 15) is 0 Å². The first-order chi connectivity index (χ1) is 18.3. The zero-order chi connectivity index (χ0) is 28.3. The number of hydrogen-bond donors (Lipinski definition) is 1. The lowest BCUT2D eigenvalue weighted by Crippen LogP contribution is -2.48. The number of nitrogens with zero attached hydrogens (tertiary/aromatic N) is 2. The first kappa shape index (κ1) is 37.4. The van der Waals surface area contributed by atoms with Gasteiger partial charge in [0.25, 0.3) is 0 Å². The average molecular weight is 536 g/mol. The van der Waals surface area contributed by atoms with Crippen molar-refractivity contribution in [3.8, 4) is 0 Å². The Morgan fingerprint density at radius 2 is 0.947 bits per heavy atom. The summed E-state index contributed by atoms with van der Waals surface area (Å²) in [7, 11) is 0. The summed E-state index contributed by atoms with van der Waals surface area (Å²) in [6, 6.07) is 0.563. The van der Waals surface area contributed by atoms with Crippen LogP contribution in [-0.2, 0) is 0 Å². The minimum atomic E-state index is -0.0280. The quantitative estimate of drug-likeness (QED) is 0.0490. The second kappa shape index (κ2) is 26.6. The van der Waals surface area contributed by atoms with E-state index < -0.39 is 0 Å². The van der Waals surface area contributed by atoms with E-state index in [-0.39, 0.29) is 5.54 Å². The Balaban J connectivity index is 4.29. The molecule has 0 aliphatic rings. The smallest absolute Gasteiger partial charge is 0.111 e. The van der Waals surface area contributed by atoms with Crippen LogP contribution in [0.25, 0.3) is 0 Å². The Kier molecular flexibility index (Phi) is 26.2. The highest BCUT2D eigenvalue weighted by molar-refractivity contribution is 5.81. The molecule has 0 saturated heterocycles. The lowest BCUT2D eigenvalue weighted by molar-refractivity contribution is 0.156. The lowest BCUT2D eigenvalue weighted by atomic mass is 10.0. The molecule has 0 saturated carbocycles. The maximum absolute atomic E-state index is 4.98. The van der Waals surface area contributed by atoms with Gasteiger partial charge in [-0.25, -0.2) is 5.01 Å². The molecule has 228 valence electrons. The van der Waals surface area contributed by atoms with E-state index in [1.807, 2.05) is 0 Å². The van der Waals surface area contributed by atoms with Crippen molar-refractivity contribution in [2.45, 2.75) is 214 Å². The molecule has 0 rings (SSSR count). The van der Waals surface area contributed by atoms with Crippen LogP contribution in [0, 0.1) is 0 Å². The van der Waals surface area contributed by atoms with Crippen LogP contribution in [0.3, 0.4) is 0 Å². The van der Waals surface area contributed by atoms with Crippen molar-refractivity contribution < 1.29 is 0 Å². The van der Waals surface area contributed by atoms with Crippen molar-refractivity contribution in [3.05, 3.63) is 0 Å². The van der Waals surface area contributed by atoms with Gasteiger partial charge in [-0.15, -0.1) is 0 Å². The van der Waals surface area contributed by atoms with Gasteiger partial charge >= 0.3 is 0 Å². The fourth-order valence-corrected chi connectivity index (χ4v) is 5.35. The highest BCUT2D eigenvalue weighted by Gasteiger charge is 2.16. The molecular formula is C35H73N3.